The van der Waals surface area contributed by atoms with Crippen LogP contribution >= 0.6 is 0 Å². The van der Waals surface area contributed by atoms with E-state index < -0.39 is 31.1 Å². The van der Waals surface area contributed by atoms with Crippen LogP contribution in [0.25, 0.3) is 11.0 Å². The van der Waals surface area contributed by atoms with Gasteiger partial charge in [-0.15, -0.1) is 5.10 Å². The summed E-state index contributed by atoms with van der Waals surface area (Å²) in [4.78, 5) is 17.8. The van der Waals surface area contributed by atoms with Gasteiger partial charge in [0, 0.05) is 6.20 Å². The van der Waals surface area contributed by atoms with Crippen LogP contribution in [0.3, 0.4) is 0 Å². The molecule has 0 aromatic carbocycles. The average Bonchev–Trinajstić information content (AvgIpc) is 2.94. The molecule has 4 N–H and O–H groups in total. The molecule has 19 heavy (non-hydrogen) atoms. The molecule has 3 heterocycles. The zero-order chi connectivity index (χ0) is 13.6. The standard InChI is InChI=1S/C10H12N4O5/c15-2-5-6(16)7(17)10(19-5)14-1-4-8(13-14)11-3-12-9(4)18/h1,3,5-7,10,15-17H,2H2,(H,11,12,13,18)/t5-,6-,7-,10?/m1/s1. The lowest BCUT2D eigenvalue weighted by Crippen LogP contribution is -2.33. The van der Waals surface area contributed by atoms with Crippen molar-refractivity contribution in [2.45, 2.75) is 24.5 Å². The lowest BCUT2D eigenvalue weighted by atomic mass is 10.1. The molecular weight excluding hydrogens is 256 g/mol. The normalized spacial score (nSPS) is 31.1. The number of hydrogen-bond donors (Lipinski definition) is 4. The summed E-state index contributed by atoms with van der Waals surface area (Å²) in [7, 11) is 0. The highest BCUT2D eigenvalue weighted by Gasteiger charge is 2.43. The molecule has 0 radical (unpaired) electrons. The molecule has 4 atom stereocenters. The summed E-state index contributed by atoms with van der Waals surface area (Å²) in [6, 6.07) is 0. The lowest BCUT2D eigenvalue weighted by Gasteiger charge is -2.14. The minimum absolute atomic E-state index is 0.210. The Labute approximate surface area is 106 Å². The van der Waals surface area contributed by atoms with Crippen LogP contribution in [0.1, 0.15) is 6.23 Å². The molecule has 1 saturated heterocycles. The van der Waals surface area contributed by atoms with E-state index in [9.17, 15) is 15.0 Å². The van der Waals surface area contributed by atoms with Crippen molar-refractivity contribution in [3.8, 4) is 0 Å². The van der Waals surface area contributed by atoms with Gasteiger partial charge < -0.3 is 25.0 Å². The molecule has 102 valence electrons. The van der Waals surface area contributed by atoms with Crippen LogP contribution in [-0.4, -0.2) is 60.0 Å². The number of nitrogens with one attached hydrogen (secondary N) is 1. The van der Waals surface area contributed by atoms with Gasteiger partial charge in [-0.05, 0) is 0 Å². The molecule has 1 unspecified atom stereocenters. The fourth-order valence-electron chi connectivity index (χ4n) is 2.10. The van der Waals surface area contributed by atoms with Gasteiger partial charge in [0.15, 0.2) is 11.9 Å². The van der Waals surface area contributed by atoms with E-state index in [-0.39, 0.29) is 16.6 Å². The van der Waals surface area contributed by atoms with Crippen molar-refractivity contribution in [1.82, 2.24) is 19.7 Å². The third kappa shape index (κ3) is 1.83. The molecule has 2 aromatic rings. The summed E-state index contributed by atoms with van der Waals surface area (Å²) >= 11 is 0. The Bertz CT molecular complexity index is 653. The number of fused-ring (bicyclic) bond motifs is 1. The first-order chi connectivity index (χ1) is 9.11. The maximum atomic E-state index is 11.5. The third-order valence-corrected chi connectivity index (χ3v) is 3.12. The van der Waals surface area contributed by atoms with E-state index in [2.05, 4.69) is 15.1 Å². The van der Waals surface area contributed by atoms with Crippen LogP contribution in [-0.2, 0) is 4.74 Å². The minimum atomic E-state index is -1.24. The van der Waals surface area contributed by atoms with Gasteiger partial charge in [-0.25, -0.2) is 9.67 Å². The van der Waals surface area contributed by atoms with Gasteiger partial charge in [0.2, 0.25) is 0 Å². The fraction of sp³-hybridized carbons (Fsp3) is 0.500. The van der Waals surface area contributed by atoms with E-state index >= 15 is 0 Å². The maximum absolute atomic E-state index is 11.5. The number of aromatic amines is 1. The SMILES string of the molecule is O=c1[nH]cnc2nn(C3O[C@H](CO)[C@@H](O)[C@H]3O)cc12. The van der Waals surface area contributed by atoms with Gasteiger partial charge in [0.25, 0.3) is 5.56 Å². The van der Waals surface area contributed by atoms with Gasteiger partial charge in [-0.1, -0.05) is 0 Å². The van der Waals surface area contributed by atoms with Crippen LogP contribution in [0.15, 0.2) is 17.3 Å². The van der Waals surface area contributed by atoms with Crippen LogP contribution in [0.5, 0.6) is 0 Å². The molecular formula is C10H12N4O5. The Balaban J connectivity index is 2.01. The predicted molar refractivity (Wildman–Crippen MR) is 61.2 cm³/mol. The Hall–Kier alpha value is -1.81. The first-order valence-electron chi connectivity index (χ1n) is 5.67. The lowest BCUT2D eigenvalue weighted by molar-refractivity contribution is -0.0583. The van der Waals surface area contributed by atoms with Crippen molar-refractivity contribution in [2.75, 3.05) is 6.61 Å². The molecule has 0 saturated carbocycles. The van der Waals surface area contributed by atoms with Crippen LogP contribution in [0.2, 0.25) is 0 Å². The first kappa shape index (κ1) is 12.2. The van der Waals surface area contributed by atoms with Crippen molar-refractivity contribution in [1.29, 1.82) is 0 Å². The molecule has 9 nitrogen and oxygen atoms in total. The molecule has 0 spiro atoms. The largest absolute Gasteiger partial charge is 0.394 e. The van der Waals surface area contributed by atoms with Gasteiger partial charge in [0.05, 0.1) is 12.9 Å². The molecule has 1 fully saturated rings. The highest BCUT2D eigenvalue weighted by molar-refractivity contribution is 5.72. The van der Waals surface area contributed by atoms with Gasteiger partial charge in [0.1, 0.15) is 23.7 Å². The summed E-state index contributed by atoms with van der Waals surface area (Å²) in [5.41, 5.74) is -0.149. The highest BCUT2D eigenvalue weighted by Crippen LogP contribution is 2.29. The van der Waals surface area contributed by atoms with Crippen LogP contribution in [0, 0.1) is 0 Å². The van der Waals surface area contributed by atoms with E-state index in [1.165, 1.54) is 17.2 Å². The third-order valence-electron chi connectivity index (χ3n) is 3.12. The summed E-state index contributed by atoms with van der Waals surface area (Å²) in [5, 5.41) is 32.8. The average molecular weight is 268 g/mol. The first-order valence-corrected chi connectivity index (χ1v) is 5.67. The monoisotopic (exact) mass is 268 g/mol. The molecule has 0 amide bonds. The van der Waals surface area contributed by atoms with Gasteiger partial charge >= 0.3 is 0 Å². The van der Waals surface area contributed by atoms with E-state index in [1.54, 1.807) is 0 Å². The summed E-state index contributed by atoms with van der Waals surface area (Å²) in [6.45, 7) is -0.422. The number of nitrogens with zero attached hydrogens (tertiary/aromatic N) is 3. The van der Waals surface area contributed by atoms with E-state index in [4.69, 9.17) is 9.84 Å². The summed E-state index contributed by atoms with van der Waals surface area (Å²) in [6.07, 6.45) is -1.72. The van der Waals surface area contributed by atoms with Crippen molar-refractivity contribution in [3.05, 3.63) is 22.9 Å². The zero-order valence-electron chi connectivity index (χ0n) is 9.67. The van der Waals surface area contributed by atoms with Crippen molar-refractivity contribution >= 4 is 11.0 Å². The Morgan fingerprint density at radius 2 is 2.21 bits per heavy atom. The van der Waals surface area contributed by atoms with E-state index in [0.29, 0.717) is 0 Å². The second-order valence-electron chi connectivity index (χ2n) is 4.31. The van der Waals surface area contributed by atoms with Crippen molar-refractivity contribution in [3.63, 3.8) is 0 Å². The maximum Gasteiger partial charge on any atom is 0.261 e. The molecule has 0 aliphatic carbocycles. The van der Waals surface area contributed by atoms with Crippen molar-refractivity contribution < 1.29 is 20.1 Å². The predicted octanol–water partition coefficient (Wildman–Crippen LogP) is -2.27. The van der Waals surface area contributed by atoms with Crippen molar-refractivity contribution in [2.24, 2.45) is 0 Å². The van der Waals surface area contributed by atoms with E-state index in [0.717, 1.165) is 0 Å². The van der Waals surface area contributed by atoms with Gasteiger partial charge in [-0.3, -0.25) is 4.79 Å². The molecule has 0 bridgehead atoms. The van der Waals surface area contributed by atoms with Gasteiger partial charge in [-0.2, -0.15) is 0 Å². The fourth-order valence-corrected chi connectivity index (χ4v) is 2.10. The minimum Gasteiger partial charge on any atom is -0.394 e. The van der Waals surface area contributed by atoms with E-state index in [1.807, 2.05) is 0 Å². The summed E-state index contributed by atoms with van der Waals surface area (Å²) < 4.78 is 6.52. The number of aliphatic hydroxyl groups is 3. The summed E-state index contributed by atoms with van der Waals surface area (Å²) in [5.74, 6) is 0. The number of hydrogen-bond acceptors (Lipinski definition) is 7. The second-order valence-corrected chi connectivity index (χ2v) is 4.31. The van der Waals surface area contributed by atoms with Crippen LogP contribution < -0.4 is 5.56 Å². The number of aliphatic hydroxyl groups excluding tert-OH is 3. The quantitative estimate of drug-likeness (QED) is 0.482. The molecule has 1 aliphatic rings. The zero-order valence-corrected chi connectivity index (χ0v) is 9.67. The number of aromatic nitrogens is 4. The number of ether oxygens (including phenoxy) is 1. The number of H-pyrrole nitrogens is 1. The Morgan fingerprint density at radius 1 is 1.42 bits per heavy atom. The molecule has 9 heteroatoms. The number of rotatable bonds is 2. The Morgan fingerprint density at radius 3 is 2.84 bits per heavy atom. The van der Waals surface area contributed by atoms with Crippen LogP contribution in [0.4, 0.5) is 0 Å². The molecule has 1 aliphatic heterocycles. The smallest absolute Gasteiger partial charge is 0.261 e. The molecule has 3 rings (SSSR count). The second kappa shape index (κ2) is 4.38. The Kier molecular flexibility index (Phi) is 2.82. The molecule has 2 aromatic heterocycles. The topological polar surface area (TPSA) is 133 Å². The highest BCUT2D eigenvalue weighted by atomic mass is 16.6.